The van der Waals surface area contributed by atoms with Crippen LogP contribution in [0.4, 0.5) is 0 Å². The van der Waals surface area contributed by atoms with E-state index in [2.05, 4.69) is 8.75 Å². The minimum atomic E-state index is -0.994. The molecule has 5 nitrogen and oxygen atoms in total. The van der Waals surface area contributed by atoms with Gasteiger partial charge in [-0.2, -0.15) is 8.75 Å². The summed E-state index contributed by atoms with van der Waals surface area (Å²) in [7, 11) is 0. The summed E-state index contributed by atoms with van der Waals surface area (Å²) >= 11 is 1.11. The van der Waals surface area contributed by atoms with Gasteiger partial charge >= 0.3 is 5.97 Å². The van der Waals surface area contributed by atoms with E-state index >= 15 is 0 Å². The number of carbonyl (C=O) groups is 1. The SMILES string of the molecule is CC(Oc1ccc2nsnc2c1)C(=O)O. The molecule has 0 radical (unpaired) electrons. The van der Waals surface area contributed by atoms with Crippen molar-refractivity contribution in [2.24, 2.45) is 0 Å². The summed E-state index contributed by atoms with van der Waals surface area (Å²) < 4.78 is 13.3. The number of rotatable bonds is 3. The summed E-state index contributed by atoms with van der Waals surface area (Å²) in [5, 5.41) is 8.67. The quantitative estimate of drug-likeness (QED) is 0.856. The topological polar surface area (TPSA) is 72.3 Å². The first kappa shape index (κ1) is 9.85. The fraction of sp³-hybridized carbons (Fsp3) is 0.222. The Morgan fingerprint density at radius 2 is 2.20 bits per heavy atom. The van der Waals surface area contributed by atoms with Gasteiger partial charge in [-0.25, -0.2) is 4.79 Å². The molecular formula is C9H8N2O3S. The number of aliphatic carboxylic acids is 1. The molecule has 0 aliphatic heterocycles. The Hall–Kier alpha value is -1.69. The molecule has 0 amide bonds. The number of carboxylic acid groups (broad SMARTS) is 1. The lowest BCUT2D eigenvalue weighted by atomic mass is 10.3. The number of carboxylic acids is 1. The van der Waals surface area contributed by atoms with Gasteiger partial charge in [-0.3, -0.25) is 0 Å². The van der Waals surface area contributed by atoms with E-state index in [1.165, 1.54) is 6.92 Å². The highest BCUT2D eigenvalue weighted by Crippen LogP contribution is 2.19. The first-order valence-corrected chi connectivity index (χ1v) is 5.01. The second kappa shape index (κ2) is 3.82. The Labute approximate surface area is 89.6 Å². The number of benzene rings is 1. The molecule has 1 aromatic heterocycles. The fourth-order valence-electron chi connectivity index (χ4n) is 1.09. The van der Waals surface area contributed by atoms with Crippen molar-refractivity contribution in [2.75, 3.05) is 0 Å². The molecular weight excluding hydrogens is 216 g/mol. The molecule has 0 fully saturated rings. The molecule has 1 N–H and O–H groups in total. The van der Waals surface area contributed by atoms with Crippen LogP contribution in [0.2, 0.25) is 0 Å². The van der Waals surface area contributed by atoms with Crippen LogP contribution >= 0.6 is 11.7 Å². The molecule has 0 saturated carbocycles. The molecule has 2 aromatic rings. The summed E-state index contributed by atoms with van der Waals surface area (Å²) in [6.07, 6.45) is -0.867. The number of ether oxygens (including phenoxy) is 1. The van der Waals surface area contributed by atoms with Crippen molar-refractivity contribution in [3.05, 3.63) is 18.2 Å². The summed E-state index contributed by atoms with van der Waals surface area (Å²) in [6, 6.07) is 5.12. The lowest BCUT2D eigenvalue weighted by Gasteiger charge is -2.09. The van der Waals surface area contributed by atoms with Crippen molar-refractivity contribution in [3.63, 3.8) is 0 Å². The van der Waals surface area contributed by atoms with Crippen molar-refractivity contribution >= 4 is 28.7 Å². The van der Waals surface area contributed by atoms with E-state index in [1.807, 2.05) is 0 Å². The number of hydrogen-bond acceptors (Lipinski definition) is 5. The van der Waals surface area contributed by atoms with Crippen LogP contribution < -0.4 is 4.74 Å². The molecule has 1 unspecified atom stereocenters. The number of nitrogens with zero attached hydrogens (tertiary/aromatic N) is 2. The van der Waals surface area contributed by atoms with Crippen LogP contribution in [0.5, 0.6) is 5.75 Å². The monoisotopic (exact) mass is 224 g/mol. The van der Waals surface area contributed by atoms with Crippen LogP contribution in [-0.4, -0.2) is 25.9 Å². The largest absolute Gasteiger partial charge is 0.479 e. The Morgan fingerprint density at radius 3 is 2.93 bits per heavy atom. The average Bonchev–Trinajstić information content (AvgIpc) is 2.64. The highest BCUT2D eigenvalue weighted by atomic mass is 32.1. The lowest BCUT2D eigenvalue weighted by Crippen LogP contribution is -2.22. The van der Waals surface area contributed by atoms with Gasteiger partial charge in [-0.1, -0.05) is 0 Å². The predicted molar refractivity (Wildman–Crippen MR) is 55.1 cm³/mol. The summed E-state index contributed by atoms with van der Waals surface area (Å²) in [4.78, 5) is 10.6. The van der Waals surface area contributed by atoms with Crippen LogP contribution in [0.25, 0.3) is 11.0 Å². The average molecular weight is 224 g/mol. The van der Waals surface area contributed by atoms with E-state index < -0.39 is 12.1 Å². The molecule has 6 heteroatoms. The number of hydrogen-bond donors (Lipinski definition) is 1. The molecule has 0 saturated heterocycles. The van der Waals surface area contributed by atoms with E-state index in [0.29, 0.717) is 5.75 Å². The van der Waals surface area contributed by atoms with Crippen LogP contribution in [-0.2, 0) is 4.79 Å². The molecule has 78 valence electrons. The van der Waals surface area contributed by atoms with E-state index in [-0.39, 0.29) is 0 Å². The summed E-state index contributed by atoms with van der Waals surface area (Å²) in [6.45, 7) is 1.48. The van der Waals surface area contributed by atoms with Gasteiger partial charge < -0.3 is 9.84 Å². The lowest BCUT2D eigenvalue weighted by molar-refractivity contribution is -0.144. The van der Waals surface area contributed by atoms with Crippen LogP contribution in [0, 0.1) is 0 Å². The molecule has 1 heterocycles. The Balaban J connectivity index is 2.24. The third-order valence-corrected chi connectivity index (χ3v) is 2.44. The van der Waals surface area contributed by atoms with Crippen LogP contribution in [0.1, 0.15) is 6.92 Å². The minimum absolute atomic E-state index is 0.491. The van der Waals surface area contributed by atoms with Crippen molar-refractivity contribution in [3.8, 4) is 5.75 Å². The molecule has 1 atom stereocenters. The number of aromatic nitrogens is 2. The first-order valence-electron chi connectivity index (χ1n) is 4.28. The van der Waals surface area contributed by atoms with E-state index in [9.17, 15) is 4.79 Å². The second-order valence-electron chi connectivity index (χ2n) is 3.01. The third kappa shape index (κ3) is 2.04. The van der Waals surface area contributed by atoms with Crippen molar-refractivity contribution in [2.45, 2.75) is 13.0 Å². The van der Waals surface area contributed by atoms with Crippen molar-refractivity contribution < 1.29 is 14.6 Å². The minimum Gasteiger partial charge on any atom is -0.479 e. The first-order chi connectivity index (χ1) is 7.16. The third-order valence-electron chi connectivity index (χ3n) is 1.89. The van der Waals surface area contributed by atoms with Gasteiger partial charge in [-0.15, -0.1) is 0 Å². The second-order valence-corrected chi connectivity index (χ2v) is 3.54. The number of fused-ring (bicyclic) bond motifs is 1. The normalized spacial score (nSPS) is 12.6. The van der Waals surface area contributed by atoms with Gasteiger partial charge in [-0.05, 0) is 19.1 Å². The maximum atomic E-state index is 10.6. The van der Waals surface area contributed by atoms with Gasteiger partial charge in [0.05, 0.1) is 11.7 Å². The zero-order valence-corrected chi connectivity index (χ0v) is 8.69. The Morgan fingerprint density at radius 1 is 1.47 bits per heavy atom. The van der Waals surface area contributed by atoms with Gasteiger partial charge in [0.15, 0.2) is 6.10 Å². The summed E-state index contributed by atoms with van der Waals surface area (Å²) in [5.41, 5.74) is 1.51. The van der Waals surface area contributed by atoms with E-state index in [0.717, 1.165) is 22.8 Å². The molecule has 0 aliphatic carbocycles. The molecule has 2 rings (SSSR count). The van der Waals surface area contributed by atoms with Gasteiger partial charge in [0.25, 0.3) is 0 Å². The maximum Gasteiger partial charge on any atom is 0.344 e. The van der Waals surface area contributed by atoms with Crippen molar-refractivity contribution in [1.82, 2.24) is 8.75 Å². The smallest absolute Gasteiger partial charge is 0.344 e. The highest BCUT2D eigenvalue weighted by Gasteiger charge is 2.12. The van der Waals surface area contributed by atoms with Crippen molar-refractivity contribution in [1.29, 1.82) is 0 Å². The van der Waals surface area contributed by atoms with Gasteiger partial charge in [0, 0.05) is 6.07 Å². The maximum absolute atomic E-state index is 10.6. The molecule has 0 aliphatic rings. The fourth-order valence-corrected chi connectivity index (χ4v) is 1.61. The van der Waals surface area contributed by atoms with Gasteiger partial charge in [0.2, 0.25) is 0 Å². The Kier molecular flexibility index (Phi) is 2.51. The highest BCUT2D eigenvalue weighted by molar-refractivity contribution is 7.00. The predicted octanol–water partition coefficient (Wildman–Crippen LogP) is 1.54. The van der Waals surface area contributed by atoms with E-state index in [4.69, 9.17) is 9.84 Å². The molecule has 15 heavy (non-hydrogen) atoms. The zero-order chi connectivity index (χ0) is 10.8. The van der Waals surface area contributed by atoms with Crippen LogP contribution in [0.15, 0.2) is 18.2 Å². The van der Waals surface area contributed by atoms with Crippen LogP contribution in [0.3, 0.4) is 0 Å². The molecule has 0 bridgehead atoms. The molecule has 1 aromatic carbocycles. The Bertz CT molecular complexity index is 497. The van der Waals surface area contributed by atoms with E-state index in [1.54, 1.807) is 18.2 Å². The molecule has 0 spiro atoms. The standard InChI is InChI=1S/C9H8N2O3S/c1-5(9(12)13)14-6-2-3-7-8(4-6)11-15-10-7/h2-5H,1H3,(H,12,13). The zero-order valence-electron chi connectivity index (χ0n) is 7.88. The van der Waals surface area contributed by atoms with Gasteiger partial charge in [0.1, 0.15) is 16.8 Å². The summed E-state index contributed by atoms with van der Waals surface area (Å²) in [5.74, 6) is -0.503.